The van der Waals surface area contributed by atoms with Crippen molar-refractivity contribution in [2.75, 3.05) is 26.2 Å². The molecular weight excluding hydrogens is 374 g/mol. The van der Waals surface area contributed by atoms with Gasteiger partial charge < -0.3 is 0 Å². The van der Waals surface area contributed by atoms with Gasteiger partial charge in [0.15, 0.2) is 0 Å². The number of carbonyl (C=O) groups excluding carboxylic acids is 1. The summed E-state index contributed by atoms with van der Waals surface area (Å²) in [5.74, 6) is -0.461. The highest BCUT2D eigenvalue weighted by Crippen LogP contribution is 2.29. The Kier molecular flexibility index (Phi) is 6.54. The normalized spacial score (nSPS) is 15.3. The zero-order valence-corrected chi connectivity index (χ0v) is 16.9. The second-order valence-corrected chi connectivity index (χ2v) is 7.63. The molecule has 1 heterocycles. The average molecular weight is 402 g/mol. The summed E-state index contributed by atoms with van der Waals surface area (Å²) in [5, 5.41) is 9.01. The monoisotopic (exact) mass is 401 g/mol. The molecule has 2 N–H and O–H groups in total. The first-order valence-corrected chi connectivity index (χ1v) is 10.3. The van der Waals surface area contributed by atoms with Gasteiger partial charge in [-0.15, -0.1) is 0 Å². The number of hydroxylamine groups is 1. The third-order valence-electron chi connectivity index (χ3n) is 5.76. The molecule has 0 aliphatic carbocycles. The summed E-state index contributed by atoms with van der Waals surface area (Å²) in [6.07, 6.45) is 0. The fourth-order valence-electron chi connectivity index (χ4n) is 4.25. The van der Waals surface area contributed by atoms with Gasteiger partial charge in [-0.25, -0.2) is 5.48 Å². The van der Waals surface area contributed by atoms with E-state index in [1.165, 1.54) is 11.1 Å². The summed E-state index contributed by atoms with van der Waals surface area (Å²) >= 11 is 0. The predicted molar refractivity (Wildman–Crippen MR) is 117 cm³/mol. The van der Waals surface area contributed by atoms with Gasteiger partial charge >= 0.3 is 0 Å². The first-order chi connectivity index (χ1) is 14.8. The van der Waals surface area contributed by atoms with Crippen molar-refractivity contribution >= 4 is 5.91 Å². The van der Waals surface area contributed by atoms with Gasteiger partial charge in [-0.1, -0.05) is 78.9 Å². The minimum absolute atomic E-state index is 0.238. The van der Waals surface area contributed by atoms with Crippen molar-refractivity contribution in [1.29, 1.82) is 0 Å². The lowest BCUT2D eigenvalue weighted by molar-refractivity contribution is 0.0701. The Balaban J connectivity index is 1.48. The molecule has 4 rings (SSSR count). The number of hydrogen-bond donors (Lipinski definition) is 2. The SMILES string of the molecule is O=C(NO)c1ccccc1CN1CCN(C(c2ccccc2)c2ccccc2)CC1. The van der Waals surface area contributed by atoms with Crippen molar-refractivity contribution < 1.29 is 10.0 Å². The van der Waals surface area contributed by atoms with Crippen molar-refractivity contribution in [3.05, 3.63) is 107 Å². The molecule has 0 radical (unpaired) electrons. The Morgan fingerprint density at radius 1 is 0.800 bits per heavy atom. The van der Waals surface area contributed by atoms with Crippen LogP contribution in [0, 0.1) is 0 Å². The standard InChI is InChI=1S/C25H27N3O2/c29-25(26-30)23-14-8-7-13-22(23)19-27-15-17-28(18-16-27)24(20-9-3-1-4-10-20)21-11-5-2-6-12-21/h1-14,24,30H,15-19H2,(H,26,29). The Morgan fingerprint density at radius 2 is 1.33 bits per heavy atom. The minimum Gasteiger partial charge on any atom is -0.297 e. The van der Waals surface area contributed by atoms with Crippen molar-refractivity contribution in [3.63, 3.8) is 0 Å². The first kappa shape index (κ1) is 20.3. The molecular formula is C25H27N3O2. The molecule has 0 saturated carbocycles. The largest absolute Gasteiger partial charge is 0.297 e. The highest BCUT2D eigenvalue weighted by molar-refractivity contribution is 5.94. The maximum absolute atomic E-state index is 11.9. The molecule has 0 bridgehead atoms. The first-order valence-electron chi connectivity index (χ1n) is 10.3. The number of amides is 1. The molecule has 0 spiro atoms. The van der Waals surface area contributed by atoms with Gasteiger partial charge in [0.25, 0.3) is 5.91 Å². The number of nitrogens with zero attached hydrogens (tertiary/aromatic N) is 2. The molecule has 0 atom stereocenters. The van der Waals surface area contributed by atoms with Crippen LogP contribution < -0.4 is 5.48 Å². The third-order valence-corrected chi connectivity index (χ3v) is 5.76. The van der Waals surface area contributed by atoms with E-state index in [9.17, 15) is 4.79 Å². The zero-order chi connectivity index (χ0) is 20.8. The van der Waals surface area contributed by atoms with Gasteiger partial charge in [0.05, 0.1) is 6.04 Å². The highest BCUT2D eigenvalue weighted by atomic mass is 16.5. The third kappa shape index (κ3) is 4.60. The van der Waals surface area contributed by atoms with E-state index in [1.54, 1.807) is 11.5 Å². The van der Waals surface area contributed by atoms with Crippen LogP contribution >= 0.6 is 0 Å². The summed E-state index contributed by atoms with van der Waals surface area (Å²) in [4.78, 5) is 16.8. The summed E-state index contributed by atoms with van der Waals surface area (Å²) < 4.78 is 0. The zero-order valence-electron chi connectivity index (χ0n) is 16.9. The molecule has 3 aromatic carbocycles. The lowest BCUT2D eigenvalue weighted by Crippen LogP contribution is -2.47. The van der Waals surface area contributed by atoms with Gasteiger partial charge in [0, 0.05) is 38.3 Å². The van der Waals surface area contributed by atoms with Gasteiger partial charge in [0.2, 0.25) is 0 Å². The van der Waals surface area contributed by atoms with E-state index in [4.69, 9.17) is 5.21 Å². The quantitative estimate of drug-likeness (QED) is 0.488. The number of benzene rings is 3. The van der Waals surface area contributed by atoms with E-state index in [0.29, 0.717) is 12.1 Å². The maximum atomic E-state index is 11.9. The van der Waals surface area contributed by atoms with Crippen molar-refractivity contribution in [3.8, 4) is 0 Å². The average Bonchev–Trinajstić information content (AvgIpc) is 2.82. The molecule has 3 aromatic rings. The van der Waals surface area contributed by atoms with E-state index in [1.807, 2.05) is 18.2 Å². The molecule has 1 fully saturated rings. The molecule has 5 nitrogen and oxygen atoms in total. The lowest BCUT2D eigenvalue weighted by Gasteiger charge is -2.40. The Hall–Kier alpha value is -2.99. The fourth-order valence-corrected chi connectivity index (χ4v) is 4.25. The lowest BCUT2D eigenvalue weighted by atomic mass is 9.96. The Morgan fingerprint density at radius 3 is 1.90 bits per heavy atom. The van der Waals surface area contributed by atoms with Crippen LogP contribution in [0.25, 0.3) is 0 Å². The number of nitrogens with one attached hydrogen (secondary N) is 1. The smallest absolute Gasteiger partial charge is 0.274 e. The Bertz CT molecular complexity index is 915. The predicted octanol–water partition coefficient (Wildman–Crippen LogP) is 3.71. The second kappa shape index (κ2) is 9.67. The molecule has 5 heteroatoms. The second-order valence-electron chi connectivity index (χ2n) is 7.63. The van der Waals surface area contributed by atoms with Crippen LogP contribution in [0.1, 0.15) is 33.1 Å². The van der Waals surface area contributed by atoms with Crippen LogP contribution in [0.2, 0.25) is 0 Å². The van der Waals surface area contributed by atoms with Gasteiger partial charge in [-0.2, -0.15) is 0 Å². The summed E-state index contributed by atoms with van der Waals surface area (Å²) in [6, 6.07) is 29.0. The topological polar surface area (TPSA) is 55.8 Å². The van der Waals surface area contributed by atoms with E-state index < -0.39 is 5.91 Å². The molecule has 30 heavy (non-hydrogen) atoms. The summed E-state index contributed by atoms with van der Waals surface area (Å²) in [6.45, 7) is 4.43. The van der Waals surface area contributed by atoms with E-state index in [0.717, 1.165) is 31.7 Å². The maximum Gasteiger partial charge on any atom is 0.274 e. The number of piperazine rings is 1. The molecule has 154 valence electrons. The summed E-state index contributed by atoms with van der Waals surface area (Å²) in [5.41, 5.74) is 5.82. The molecule has 0 aromatic heterocycles. The van der Waals surface area contributed by atoms with Crippen LogP contribution in [-0.4, -0.2) is 47.1 Å². The molecule has 1 amide bonds. The molecule has 0 unspecified atom stereocenters. The van der Waals surface area contributed by atoms with Gasteiger partial charge in [-0.3, -0.25) is 19.8 Å². The van der Waals surface area contributed by atoms with E-state index in [2.05, 4.69) is 70.5 Å². The van der Waals surface area contributed by atoms with Crippen molar-refractivity contribution in [2.45, 2.75) is 12.6 Å². The van der Waals surface area contributed by atoms with Crippen LogP contribution in [-0.2, 0) is 6.54 Å². The number of hydrogen-bond acceptors (Lipinski definition) is 4. The fraction of sp³-hybridized carbons (Fsp3) is 0.240. The number of rotatable bonds is 6. The van der Waals surface area contributed by atoms with Gasteiger partial charge in [-0.05, 0) is 22.8 Å². The van der Waals surface area contributed by atoms with Crippen LogP contribution in [0.5, 0.6) is 0 Å². The minimum atomic E-state index is -0.461. The highest BCUT2D eigenvalue weighted by Gasteiger charge is 2.26. The van der Waals surface area contributed by atoms with Crippen LogP contribution in [0.3, 0.4) is 0 Å². The van der Waals surface area contributed by atoms with Gasteiger partial charge in [0.1, 0.15) is 0 Å². The molecule has 1 saturated heterocycles. The van der Waals surface area contributed by atoms with Crippen molar-refractivity contribution in [2.24, 2.45) is 0 Å². The molecule has 1 aliphatic heterocycles. The van der Waals surface area contributed by atoms with Crippen LogP contribution in [0.4, 0.5) is 0 Å². The van der Waals surface area contributed by atoms with Crippen LogP contribution in [0.15, 0.2) is 84.9 Å². The summed E-state index contributed by atoms with van der Waals surface area (Å²) in [7, 11) is 0. The van der Waals surface area contributed by atoms with Crippen molar-refractivity contribution in [1.82, 2.24) is 15.3 Å². The Labute approximate surface area is 177 Å². The molecule has 1 aliphatic rings. The van der Waals surface area contributed by atoms with E-state index in [-0.39, 0.29) is 6.04 Å². The van der Waals surface area contributed by atoms with E-state index >= 15 is 0 Å². The number of carbonyl (C=O) groups is 1.